The van der Waals surface area contributed by atoms with Crippen molar-refractivity contribution in [3.63, 3.8) is 0 Å². The van der Waals surface area contributed by atoms with Crippen LogP contribution in [0.4, 0.5) is 5.69 Å². The maximum absolute atomic E-state index is 12.7. The molecular weight excluding hydrogens is 430 g/mol. The number of benzene rings is 2. The molecule has 34 heavy (non-hydrogen) atoms. The molecule has 1 N–H and O–H groups in total. The summed E-state index contributed by atoms with van der Waals surface area (Å²) in [6.07, 6.45) is 0. The van der Waals surface area contributed by atoms with Crippen LogP contribution in [-0.2, 0) is 24.4 Å². The molecule has 1 aliphatic rings. The zero-order valence-electron chi connectivity index (χ0n) is 19.5. The second-order valence-corrected chi connectivity index (χ2v) is 8.32. The van der Waals surface area contributed by atoms with Crippen molar-refractivity contribution in [2.45, 2.75) is 19.6 Å². The number of piperazine rings is 1. The first-order valence-electron chi connectivity index (χ1n) is 11.6. The van der Waals surface area contributed by atoms with Crippen molar-refractivity contribution in [2.24, 2.45) is 0 Å². The van der Waals surface area contributed by atoms with Gasteiger partial charge in [0.25, 0.3) is 11.5 Å². The van der Waals surface area contributed by atoms with Crippen LogP contribution in [0.15, 0.2) is 71.5 Å². The van der Waals surface area contributed by atoms with E-state index in [0.717, 1.165) is 38.3 Å². The quantitative estimate of drug-likeness (QED) is 0.526. The van der Waals surface area contributed by atoms with Gasteiger partial charge < -0.3 is 15.0 Å². The van der Waals surface area contributed by atoms with Crippen molar-refractivity contribution >= 4 is 11.6 Å². The number of carbonyl (C=O) groups excluding carboxylic acids is 1. The number of para-hydroxylation sites is 1. The summed E-state index contributed by atoms with van der Waals surface area (Å²) in [7, 11) is 1.56. The molecule has 1 saturated heterocycles. The molecule has 0 spiro atoms. The molecule has 1 aromatic heterocycles. The van der Waals surface area contributed by atoms with Gasteiger partial charge in [-0.1, -0.05) is 42.5 Å². The van der Waals surface area contributed by atoms with Gasteiger partial charge in [-0.2, -0.15) is 5.10 Å². The molecule has 178 valence electrons. The van der Waals surface area contributed by atoms with Crippen LogP contribution in [-0.4, -0.2) is 60.5 Å². The molecule has 0 unspecified atom stereocenters. The maximum atomic E-state index is 12.7. The normalized spacial score (nSPS) is 14.2. The number of hydrogen-bond donors (Lipinski definition) is 1. The molecule has 1 amide bonds. The highest BCUT2D eigenvalue weighted by Crippen LogP contribution is 2.18. The van der Waals surface area contributed by atoms with Crippen LogP contribution in [0, 0.1) is 0 Å². The number of ether oxygens (including phenoxy) is 1. The van der Waals surface area contributed by atoms with E-state index in [1.807, 2.05) is 24.3 Å². The number of carbonyl (C=O) groups is 1. The Hall–Kier alpha value is -3.49. The predicted octanol–water partition coefficient (Wildman–Crippen LogP) is 2.14. The summed E-state index contributed by atoms with van der Waals surface area (Å²) >= 11 is 0. The van der Waals surface area contributed by atoms with Crippen LogP contribution in [0.25, 0.3) is 0 Å². The molecule has 0 saturated carbocycles. The minimum Gasteiger partial charge on any atom is -0.383 e. The zero-order valence-corrected chi connectivity index (χ0v) is 19.5. The van der Waals surface area contributed by atoms with E-state index in [0.29, 0.717) is 19.7 Å². The van der Waals surface area contributed by atoms with E-state index in [9.17, 15) is 9.59 Å². The van der Waals surface area contributed by atoms with Gasteiger partial charge >= 0.3 is 0 Å². The number of methoxy groups -OCH3 is 1. The molecular formula is C26H31N5O3. The van der Waals surface area contributed by atoms with E-state index < -0.39 is 0 Å². The van der Waals surface area contributed by atoms with E-state index in [1.54, 1.807) is 7.11 Å². The zero-order chi connectivity index (χ0) is 23.8. The Morgan fingerprint density at radius 2 is 1.65 bits per heavy atom. The molecule has 2 heterocycles. The Morgan fingerprint density at radius 3 is 2.38 bits per heavy atom. The summed E-state index contributed by atoms with van der Waals surface area (Å²) in [6, 6.07) is 21.5. The smallest absolute Gasteiger partial charge is 0.271 e. The lowest BCUT2D eigenvalue weighted by atomic mass is 10.1. The van der Waals surface area contributed by atoms with Gasteiger partial charge in [0.1, 0.15) is 5.69 Å². The van der Waals surface area contributed by atoms with Crippen molar-refractivity contribution in [3.05, 3.63) is 93.9 Å². The summed E-state index contributed by atoms with van der Waals surface area (Å²) in [4.78, 5) is 29.5. The van der Waals surface area contributed by atoms with Gasteiger partial charge in [0.2, 0.25) is 0 Å². The number of aromatic nitrogens is 2. The lowest BCUT2D eigenvalue weighted by molar-refractivity contribution is 0.0942. The third-order valence-electron chi connectivity index (χ3n) is 6.05. The standard InChI is InChI=1S/C26H31N5O3/c1-34-18-17-31-25(32)12-11-24(28-31)26(33)27-19-21-7-5-6-8-22(21)20-29-13-15-30(16-14-29)23-9-3-2-4-10-23/h2-12H,13-20H2,1H3,(H,27,33). The van der Waals surface area contributed by atoms with Gasteiger partial charge in [-0.05, 0) is 29.3 Å². The predicted molar refractivity (Wildman–Crippen MR) is 132 cm³/mol. The van der Waals surface area contributed by atoms with Crippen LogP contribution in [0.2, 0.25) is 0 Å². The molecule has 0 atom stereocenters. The van der Waals surface area contributed by atoms with Gasteiger partial charge in [0.15, 0.2) is 0 Å². The third-order valence-corrected chi connectivity index (χ3v) is 6.05. The fraction of sp³-hybridized carbons (Fsp3) is 0.346. The largest absolute Gasteiger partial charge is 0.383 e. The molecule has 0 radical (unpaired) electrons. The van der Waals surface area contributed by atoms with Gasteiger partial charge in [-0.25, -0.2) is 4.68 Å². The van der Waals surface area contributed by atoms with Crippen LogP contribution < -0.4 is 15.8 Å². The summed E-state index contributed by atoms with van der Waals surface area (Å²) in [5, 5.41) is 7.12. The first kappa shape index (κ1) is 23.7. The number of nitrogens with one attached hydrogen (secondary N) is 1. The topological polar surface area (TPSA) is 79.7 Å². The number of anilines is 1. The lowest BCUT2D eigenvalue weighted by Crippen LogP contribution is -2.46. The highest BCUT2D eigenvalue weighted by Gasteiger charge is 2.18. The summed E-state index contributed by atoms with van der Waals surface area (Å²) < 4.78 is 6.25. The minimum absolute atomic E-state index is 0.213. The molecule has 8 nitrogen and oxygen atoms in total. The van der Waals surface area contributed by atoms with Crippen LogP contribution >= 0.6 is 0 Å². The fourth-order valence-electron chi connectivity index (χ4n) is 4.10. The first-order valence-corrected chi connectivity index (χ1v) is 11.6. The number of rotatable bonds is 9. The minimum atomic E-state index is -0.308. The van der Waals surface area contributed by atoms with Crippen LogP contribution in [0.5, 0.6) is 0 Å². The van der Waals surface area contributed by atoms with Crippen molar-refractivity contribution in [3.8, 4) is 0 Å². The Morgan fingerprint density at radius 1 is 0.941 bits per heavy atom. The first-order chi connectivity index (χ1) is 16.6. The van der Waals surface area contributed by atoms with Crippen LogP contribution in [0.3, 0.4) is 0 Å². The number of hydrogen-bond acceptors (Lipinski definition) is 6. The number of amides is 1. The molecule has 8 heteroatoms. The van der Waals surface area contributed by atoms with Gasteiger partial charge in [-0.15, -0.1) is 0 Å². The maximum Gasteiger partial charge on any atom is 0.271 e. The fourth-order valence-corrected chi connectivity index (χ4v) is 4.10. The molecule has 2 aromatic carbocycles. The van der Waals surface area contributed by atoms with E-state index in [-0.39, 0.29) is 17.2 Å². The van der Waals surface area contributed by atoms with Crippen LogP contribution in [0.1, 0.15) is 21.6 Å². The van der Waals surface area contributed by atoms with Crippen molar-refractivity contribution in [1.82, 2.24) is 20.0 Å². The van der Waals surface area contributed by atoms with Crippen molar-refractivity contribution in [2.75, 3.05) is 44.8 Å². The second kappa shape index (κ2) is 11.6. The SMILES string of the molecule is COCCn1nc(C(=O)NCc2ccccc2CN2CCN(c3ccccc3)CC2)ccc1=O. The van der Waals surface area contributed by atoms with Gasteiger partial charge in [0, 0.05) is 58.1 Å². The Kier molecular flexibility index (Phi) is 8.06. The van der Waals surface area contributed by atoms with E-state index in [2.05, 4.69) is 50.5 Å². The molecule has 1 aliphatic heterocycles. The lowest BCUT2D eigenvalue weighted by Gasteiger charge is -2.36. The second-order valence-electron chi connectivity index (χ2n) is 8.32. The van der Waals surface area contributed by atoms with Gasteiger partial charge in [-0.3, -0.25) is 14.5 Å². The third kappa shape index (κ3) is 6.09. The Bertz CT molecular complexity index is 1140. The van der Waals surface area contributed by atoms with Crippen molar-refractivity contribution < 1.29 is 9.53 Å². The van der Waals surface area contributed by atoms with E-state index in [1.165, 1.54) is 28.1 Å². The number of nitrogens with zero attached hydrogens (tertiary/aromatic N) is 4. The average molecular weight is 462 g/mol. The molecule has 0 aliphatic carbocycles. The highest BCUT2D eigenvalue weighted by atomic mass is 16.5. The Balaban J connectivity index is 1.34. The summed E-state index contributed by atoms with van der Waals surface area (Å²) in [5.41, 5.74) is 3.51. The Labute approximate surface area is 199 Å². The summed E-state index contributed by atoms with van der Waals surface area (Å²) in [6.45, 7) is 5.86. The molecule has 3 aromatic rings. The highest BCUT2D eigenvalue weighted by molar-refractivity contribution is 5.91. The molecule has 1 fully saturated rings. The van der Waals surface area contributed by atoms with E-state index >= 15 is 0 Å². The van der Waals surface area contributed by atoms with Crippen molar-refractivity contribution in [1.29, 1.82) is 0 Å². The average Bonchev–Trinajstić information content (AvgIpc) is 2.88. The summed E-state index contributed by atoms with van der Waals surface area (Å²) in [5.74, 6) is -0.308. The molecule has 4 rings (SSSR count). The monoisotopic (exact) mass is 461 g/mol. The van der Waals surface area contributed by atoms with E-state index in [4.69, 9.17) is 4.74 Å². The van der Waals surface area contributed by atoms with Gasteiger partial charge in [0.05, 0.1) is 13.2 Å². The molecule has 0 bridgehead atoms.